The third kappa shape index (κ3) is 2.78. The van der Waals surface area contributed by atoms with Crippen LogP contribution in [0.4, 0.5) is 0 Å². The van der Waals surface area contributed by atoms with E-state index >= 15 is 0 Å². The maximum Gasteiger partial charge on any atom is 0.279 e. The van der Waals surface area contributed by atoms with Gasteiger partial charge in [-0.15, -0.1) is 11.8 Å². The summed E-state index contributed by atoms with van der Waals surface area (Å²) in [5.74, 6) is 0.507. The SMILES string of the molecule is Cc1nc(C(=O)N2CCSc3ccccc3C2)c(=O)[nH]c1C. The lowest BCUT2D eigenvalue weighted by Crippen LogP contribution is -2.36. The molecule has 114 valence electrons. The number of hydrogen-bond acceptors (Lipinski definition) is 4. The minimum Gasteiger partial charge on any atom is -0.332 e. The molecule has 5 nitrogen and oxygen atoms in total. The summed E-state index contributed by atoms with van der Waals surface area (Å²) in [5.41, 5.74) is 2.04. The van der Waals surface area contributed by atoms with Crippen LogP contribution in [0.5, 0.6) is 0 Å². The fourth-order valence-corrected chi connectivity index (χ4v) is 3.44. The van der Waals surface area contributed by atoms with Gasteiger partial charge in [-0.25, -0.2) is 4.98 Å². The first kappa shape index (κ1) is 14.8. The van der Waals surface area contributed by atoms with Crippen LogP contribution >= 0.6 is 11.8 Å². The van der Waals surface area contributed by atoms with Gasteiger partial charge in [0.2, 0.25) is 0 Å². The molecule has 0 radical (unpaired) electrons. The van der Waals surface area contributed by atoms with E-state index in [1.165, 1.54) is 4.90 Å². The van der Waals surface area contributed by atoms with Crippen molar-refractivity contribution in [2.24, 2.45) is 0 Å². The van der Waals surface area contributed by atoms with E-state index in [-0.39, 0.29) is 11.6 Å². The van der Waals surface area contributed by atoms with Crippen molar-refractivity contribution >= 4 is 17.7 Å². The Morgan fingerprint density at radius 2 is 2.09 bits per heavy atom. The number of carbonyl (C=O) groups is 1. The van der Waals surface area contributed by atoms with E-state index in [1.54, 1.807) is 30.5 Å². The molecule has 0 atom stereocenters. The molecule has 0 saturated heterocycles. The van der Waals surface area contributed by atoms with Crippen molar-refractivity contribution in [2.45, 2.75) is 25.3 Å². The average Bonchev–Trinajstić information content (AvgIpc) is 2.72. The second kappa shape index (κ2) is 5.96. The molecule has 2 aromatic rings. The highest BCUT2D eigenvalue weighted by Gasteiger charge is 2.24. The Hall–Kier alpha value is -2.08. The molecule has 1 N–H and O–H groups in total. The van der Waals surface area contributed by atoms with Gasteiger partial charge in [-0.2, -0.15) is 0 Å². The molecule has 0 bridgehead atoms. The lowest BCUT2D eigenvalue weighted by Gasteiger charge is -2.20. The number of nitrogens with one attached hydrogen (secondary N) is 1. The number of benzene rings is 1. The van der Waals surface area contributed by atoms with Gasteiger partial charge in [-0.3, -0.25) is 9.59 Å². The number of carbonyl (C=O) groups excluding carboxylic acids is 1. The van der Waals surface area contributed by atoms with E-state index in [0.29, 0.717) is 24.5 Å². The van der Waals surface area contributed by atoms with Gasteiger partial charge < -0.3 is 9.88 Å². The first-order valence-corrected chi connectivity index (χ1v) is 8.12. The topological polar surface area (TPSA) is 66.1 Å². The van der Waals surface area contributed by atoms with Gasteiger partial charge in [0.25, 0.3) is 11.5 Å². The molecule has 1 amide bonds. The van der Waals surface area contributed by atoms with E-state index in [1.807, 2.05) is 18.2 Å². The summed E-state index contributed by atoms with van der Waals surface area (Å²) in [6.07, 6.45) is 0. The molecule has 0 spiro atoms. The lowest BCUT2D eigenvalue weighted by molar-refractivity contribution is 0.0746. The summed E-state index contributed by atoms with van der Waals surface area (Å²) in [5, 5.41) is 0. The van der Waals surface area contributed by atoms with E-state index in [9.17, 15) is 9.59 Å². The van der Waals surface area contributed by atoms with Crippen LogP contribution in [0.3, 0.4) is 0 Å². The first-order chi connectivity index (χ1) is 10.6. The largest absolute Gasteiger partial charge is 0.332 e. The zero-order valence-electron chi connectivity index (χ0n) is 12.5. The molecule has 22 heavy (non-hydrogen) atoms. The number of thioether (sulfide) groups is 1. The Labute approximate surface area is 132 Å². The smallest absolute Gasteiger partial charge is 0.279 e. The minimum atomic E-state index is -0.418. The van der Waals surface area contributed by atoms with Crippen LogP contribution in [0.1, 0.15) is 27.4 Å². The fourth-order valence-electron chi connectivity index (χ4n) is 2.42. The zero-order valence-corrected chi connectivity index (χ0v) is 13.4. The molecule has 1 aliphatic heterocycles. The maximum absolute atomic E-state index is 12.7. The Kier molecular flexibility index (Phi) is 4.02. The summed E-state index contributed by atoms with van der Waals surface area (Å²) in [4.78, 5) is 34.5. The molecular weight excluding hydrogens is 298 g/mol. The van der Waals surface area contributed by atoms with Crippen LogP contribution in [0.2, 0.25) is 0 Å². The summed E-state index contributed by atoms with van der Waals surface area (Å²) < 4.78 is 0. The van der Waals surface area contributed by atoms with Crippen molar-refractivity contribution in [1.29, 1.82) is 0 Å². The summed E-state index contributed by atoms with van der Waals surface area (Å²) in [6, 6.07) is 8.05. The highest BCUT2D eigenvalue weighted by Crippen LogP contribution is 2.27. The van der Waals surface area contributed by atoms with Crippen LogP contribution in [0.15, 0.2) is 34.0 Å². The normalized spacial score (nSPS) is 14.4. The quantitative estimate of drug-likeness (QED) is 0.875. The third-order valence-corrected chi connectivity index (χ3v) is 4.88. The van der Waals surface area contributed by atoms with Crippen molar-refractivity contribution < 1.29 is 4.79 Å². The highest BCUT2D eigenvalue weighted by atomic mass is 32.2. The standard InChI is InChI=1S/C16H17N3O2S/c1-10-11(2)18-15(20)14(17-10)16(21)19-7-8-22-13-6-4-3-5-12(13)9-19/h3-6H,7-9H2,1-2H3,(H,18,20). The van der Waals surface area contributed by atoms with Crippen LogP contribution in [0, 0.1) is 13.8 Å². The molecule has 3 rings (SSSR count). The van der Waals surface area contributed by atoms with Gasteiger partial charge in [0, 0.05) is 29.4 Å². The number of aryl methyl sites for hydroxylation is 2. The second-order valence-corrected chi connectivity index (χ2v) is 6.44. The first-order valence-electron chi connectivity index (χ1n) is 7.14. The molecule has 0 saturated carbocycles. The lowest BCUT2D eigenvalue weighted by atomic mass is 10.2. The van der Waals surface area contributed by atoms with E-state index < -0.39 is 5.56 Å². The molecule has 0 fully saturated rings. The fraction of sp³-hybridized carbons (Fsp3) is 0.312. The Balaban J connectivity index is 1.93. The van der Waals surface area contributed by atoms with Crippen molar-refractivity contribution in [2.75, 3.05) is 12.3 Å². The number of aromatic amines is 1. The Morgan fingerprint density at radius 1 is 1.32 bits per heavy atom. The summed E-state index contributed by atoms with van der Waals surface area (Å²) in [7, 11) is 0. The molecule has 0 aliphatic carbocycles. The molecule has 0 unspecified atom stereocenters. The van der Waals surface area contributed by atoms with Crippen LogP contribution in [-0.2, 0) is 6.54 Å². The van der Waals surface area contributed by atoms with E-state index in [0.717, 1.165) is 11.3 Å². The predicted molar refractivity (Wildman–Crippen MR) is 86.2 cm³/mol. The number of aromatic nitrogens is 2. The van der Waals surface area contributed by atoms with Gasteiger partial charge in [-0.05, 0) is 25.5 Å². The zero-order chi connectivity index (χ0) is 15.7. The summed E-state index contributed by atoms with van der Waals surface area (Å²) >= 11 is 1.74. The molecule has 1 aromatic carbocycles. The molecule has 6 heteroatoms. The van der Waals surface area contributed by atoms with E-state index in [2.05, 4.69) is 16.0 Å². The number of rotatable bonds is 1. The monoisotopic (exact) mass is 315 g/mol. The van der Waals surface area contributed by atoms with Crippen LogP contribution in [0.25, 0.3) is 0 Å². The van der Waals surface area contributed by atoms with Crippen molar-refractivity contribution in [1.82, 2.24) is 14.9 Å². The molecular formula is C16H17N3O2S. The highest BCUT2D eigenvalue weighted by molar-refractivity contribution is 7.99. The number of fused-ring (bicyclic) bond motifs is 1. The van der Waals surface area contributed by atoms with Gasteiger partial charge in [0.05, 0.1) is 5.69 Å². The third-order valence-electron chi connectivity index (χ3n) is 3.78. The maximum atomic E-state index is 12.7. The van der Waals surface area contributed by atoms with E-state index in [4.69, 9.17) is 0 Å². The van der Waals surface area contributed by atoms with Crippen LogP contribution < -0.4 is 5.56 Å². The molecule has 2 heterocycles. The van der Waals surface area contributed by atoms with Gasteiger partial charge >= 0.3 is 0 Å². The number of nitrogens with zero attached hydrogens (tertiary/aromatic N) is 2. The minimum absolute atomic E-state index is 0.0209. The van der Waals surface area contributed by atoms with Gasteiger partial charge in [0.1, 0.15) is 0 Å². The average molecular weight is 315 g/mol. The number of H-pyrrole nitrogens is 1. The molecule has 1 aromatic heterocycles. The van der Waals surface area contributed by atoms with Crippen LogP contribution in [-0.4, -0.2) is 33.1 Å². The van der Waals surface area contributed by atoms with Gasteiger partial charge in [0.15, 0.2) is 5.69 Å². The van der Waals surface area contributed by atoms with Crippen molar-refractivity contribution in [3.05, 3.63) is 57.3 Å². The predicted octanol–water partition coefficient (Wildman–Crippen LogP) is 2.13. The Morgan fingerprint density at radius 3 is 2.91 bits per heavy atom. The number of amides is 1. The Bertz CT molecular complexity index is 785. The van der Waals surface area contributed by atoms with Gasteiger partial charge in [-0.1, -0.05) is 18.2 Å². The second-order valence-electron chi connectivity index (χ2n) is 5.31. The van der Waals surface area contributed by atoms with Crippen molar-refractivity contribution in [3.63, 3.8) is 0 Å². The summed E-state index contributed by atoms with van der Waals surface area (Å²) in [6.45, 7) is 4.68. The molecule has 1 aliphatic rings. The number of hydrogen-bond donors (Lipinski definition) is 1. The van der Waals surface area contributed by atoms with Crippen molar-refractivity contribution in [3.8, 4) is 0 Å².